The van der Waals surface area contributed by atoms with E-state index in [9.17, 15) is 9.90 Å². The molecule has 14 heavy (non-hydrogen) atoms. The lowest BCUT2D eigenvalue weighted by atomic mass is 10.1. The number of hydrogen-bond donors (Lipinski definition) is 2. The number of hydrogen-bond acceptors (Lipinski definition) is 5. The summed E-state index contributed by atoms with van der Waals surface area (Å²) in [5.74, 6) is -1.09. The van der Waals surface area contributed by atoms with Gasteiger partial charge in [-0.1, -0.05) is 0 Å². The summed E-state index contributed by atoms with van der Waals surface area (Å²) in [5.41, 5.74) is -0.0883. The third kappa shape index (κ3) is 1.65. The normalized spacial score (nSPS) is 9.21. The molecule has 0 aliphatic rings. The second-order valence-corrected chi connectivity index (χ2v) is 2.94. The number of benzene rings is 1. The molecule has 1 N–H and O–H groups in total. The van der Waals surface area contributed by atoms with Crippen LogP contribution < -0.4 is 0 Å². The van der Waals surface area contributed by atoms with Crippen LogP contribution in [0.5, 0.6) is 5.75 Å². The van der Waals surface area contributed by atoms with Crippen molar-refractivity contribution in [2.75, 3.05) is 7.11 Å². The van der Waals surface area contributed by atoms with E-state index in [1.807, 2.05) is 0 Å². The van der Waals surface area contributed by atoms with Crippen LogP contribution in [0.25, 0.3) is 0 Å². The fourth-order valence-electron chi connectivity index (χ4n) is 0.982. The highest BCUT2D eigenvalue weighted by Gasteiger charge is 2.18. The Labute approximate surface area is 86.1 Å². The number of ether oxygens (including phenoxy) is 1. The molecule has 5 heteroatoms. The van der Waals surface area contributed by atoms with Crippen LogP contribution in [0.4, 0.5) is 0 Å². The number of phenols is 1. The van der Waals surface area contributed by atoms with Crippen molar-refractivity contribution in [1.82, 2.24) is 0 Å². The van der Waals surface area contributed by atoms with Crippen molar-refractivity contribution in [1.29, 1.82) is 5.26 Å². The maximum absolute atomic E-state index is 11.2. The summed E-state index contributed by atoms with van der Waals surface area (Å²) in [7, 11) is 1.17. The van der Waals surface area contributed by atoms with Gasteiger partial charge in [-0.2, -0.15) is 5.26 Å². The van der Waals surface area contributed by atoms with Crippen molar-refractivity contribution in [3.05, 3.63) is 23.3 Å². The van der Waals surface area contributed by atoms with E-state index in [0.29, 0.717) is 0 Å². The Bertz CT molecular complexity index is 423. The summed E-state index contributed by atoms with van der Waals surface area (Å²) in [4.78, 5) is 11.4. The van der Waals surface area contributed by atoms with Crippen LogP contribution >= 0.6 is 12.6 Å². The van der Waals surface area contributed by atoms with Crippen molar-refractivity contribution in [2.45, 2.75) is 4.90 Å². The van der Waals surface area contributed by atoms with Crippen LogP contribution in [-0.4, -0.2) is 18.2 Å². The van der Waals surface area contributed by atoms with Gasteiger partial charge in [0.1, 0.15) is 17.4 Å². The molecule has 0 saturated carbocycles. The van der Waals surface area contributed by atoms with Crippen LogP contribution in [0.1, 0.15) is 15.9 Å². The largest absolute Gasteiger partial charge is 0.506 e. The first-order valence-electron chi connectivity index (χ1n) is 3.65. The van der Waals surface area contributed by atoms with Crippen LogP contribution in [0.2, 0.25) is 0 Å². The van der Waals surface area contributed by atoms with Crippen molar-refractivity contribution >= 4 is 18.6 Å². The molecule has 0 amide bonds. The third-order valence-electron chi connectivity index (χ3n) is 1.67. The van der Waals surface area contributed by atoms with Crippen LogP contribution in [-0.2, 0) is 4.74 Å². The second kappa shape index (κ2) is 4.03. The Morgan fingerprint density at radius 3 is 2.79 bits per heavy atom. The SMILES string of the molecule is COC(=O)c1c(C#N)ccc(S)c1O. The Morgan fingerprint density at radius 1 is 1.64 bits per heavy atom. The van der Waals surface area contributed by atoms with E-state index in [1.165, 1.54) is 19.2 Å². The average Bonchev–Trinajstić information content (AvgIpc) is 2.20. The first-order chi connectivity index (χ1) is 6.61. The maximum atomic E-state index is 11.2. The molecule has 72 valence electrons. The Hall–Kier alpha value is -1.67. The van der Waals surface area contributed by atoms with Gasteiger partial charge in [0.25, 0.3) is 0 Å². The monoisotopic (exact) mass is 209 g/mol. The van der Waals surface area contributed by atoms with E-state index in [-0.39, 0.29) is 21.8 Å². The Kier molecular flexibility index (Phi) is 2.99. The van der Waals surface area contributed by atoms with Crippen molar-refractivity contribution in [3.63, 3.8) is 0 Å². The van der Waals surface area contributed by atoms with Gasteiger partial charge in [-0.15, -0.1) is 12.6 Å². The van der Waals surface area contributed by atoms with Gasteiger partial charge in [-0.25, -0.2) is 4.79 Å². The molecule has 0 aliphatic heterocycles. The topological polar surface area (TPSA) is 70.3 Å². The zero-order valence-corrected chi connectivity index (χ0v) is 8.21. The summed E-state index contributed by atoms with van der Waals surface area (Å²) in [6, 6.07) is 4.62. The lowest BCUT2D eigenvalue weighted by Gasteiger charge is -2.05. The molecule has 0 unspecified atom stereocenters. The first-order valence-corrected chi connectivity index (χ1v) is 4.10. The zero-order valence-electron chi connectivity index (χ0n) is 7.31. The highest BCUT2D eigenvalue weighted by molar-refractivity contribution is 7.80. The molecular weight excluding hydrogens is 202 g/mol. The van der Waals surface area contributed by atoms with Gasteiger partial charge in [0.2, 0.25) is 0 Å². The number of esters is 1. The number of aromatic hydroxyl groups is 1. The van der Waals surface area contributed by atoms with E-state index in [1.54, 1.807) is 6.07 Å². The highest BCUT2D eigenvalue weighted by Crippen LogP contribution is 2.28. The van der Waals surface area contributed by atoms with Crippen molar-refractivity contribution in [2.24, 2.45) is 0 Å². The maximum Gasteiger partial charge on any atom is 0.343 e. The van der Waals surface area contributed by atoms with Gasteiger partial charge in [0.15, 0.2) is 0 Å². The number of carbonyl (C=O) groups excluding carboxylic acids is 1. The van der Waals surface area contributed by atoms with Gasteiger partial charge >= 0.3 is 5.97 Å². The van der Waals surface area contributed by atoms with E-state index < -0.39 is 5.97 Å². The van der Waals surface area contributed by atoms with Crippen molar-refractivity contribution < 1.29 is 14.6 Å². The van der Waals surface area contributed by atoms with E-state index in [0.717, 1.165) is 0 Å². The highest BCUT2D eigenvalue weighted by atomic mass is 32.1. The standard InChI is InChI=1S/C9H7NO3S/c1-13-9(12)7-5(4-10)2-3-6(14)8(7)11/h2-3,11,14H,1H3. The van der Waals surface area contributed by atoms with Gasteiger partial charge in [0.05, 0.1) is 12.7 Å². The van der Waals surface area contributed by atoms with E-state index in [4.69, 9.17) is 5.26 Å². The molecule has 0 spiro atoms. The van der Waals surface area contributed by atoms with Gasteiger partial charge in [-0.3, -0.25) is 0 Å². The molecule has 0 bridgehead atoms. The quantitative estimate of drug-likeness (QED) is 0.541. The number of phenolic OH excluding ortho intramolecular Hbond substituents is 1. The lowest BCUT2D eigenvalue weighted by molar-refractivity contribution is 0.0596. The molecule has 1 aromatic rings. The summed E-state index contributed by atoms with van der Waals surface area (Å²) < 4.78 is 4.43. The molecule has 4 nitrogen and oxygen atoms in total. The smallest absolute Gasteiger partial charge is 0.343 e. The summed E-state index contributed by atoms with van der Waals surface area (Å²) in [6.07, 6.45) is 0. The fraction of sp³-hybridized carbons (Fsp3) is 0.111. The number of thiol groups is 1. The van der Waals surface area contributed by atoms with Gasteiger partial charge < -0.3 is 9.84 Å². The number of rotatable bonds is 1. The molecule has 1 aromatic carbocycles. The predicted molar refractivity (Wildman–Crippen MR) is 51.4 cm³/mol. The molecule has 0 radical (unpaired) electrons. The van der Waals surface area contributed by atoms with E-state index in [2.05, 4.69) is 17.4 Å². The molecule has 0 aliphatic carbocycles. The lowest BCUT2D eigenvalue weighted by Crippen LogP contribution is -2.04. The molecule has 0 aromatic heterocycles. The summed E-state index contributed by atoms with van der Waals surface area (Å²) >= 11 is 3.92. The minimum atomic E-state index is -0.755. The Balaban J connectivity index is 3.45. The molecule has 1 rings (SSSR count). The molecule has 0 saturated heterocycles. The van der Waals surface area contributed by atoms with Gasteiger partial charge in [0, 0.05) is 4.90 Å². The van der Waals surface area contributed by atoms with E-state index >= 15 is 0 Å². The summed E-state index contributed by atoms with van der Waals surface area (Å²) in [5, 5.41) is 18.2. The second-order valence-electron chi connectivity index (χ2n) is 2.46. The van der Waals surface area contributed by atoms with Crippen molar-refractivity contribution in [3.8, 4) is 11.8 Å². The minimum absolute atomic E-state index is 0.0622. The fourth-order valence-corrected chi connectivity index (χ4v) is 1.17. The molecule has 0 fully saturated rings. The number of methoxy groups -OCH3 is 1. The van der Waals surface area contributed by atoms with Crippen LogP contribution in [0.15, 0.2) is 17.0 Å². The molecular formula is C9H7NO3S. The van der Waals surface area contributed by atoms with Gasteiger partial charge in [-0.05, 0) is 12.1 Å². The number of nitrogens with zero attached hydrogens (tertiary/aromatic N) is 1. The Morgan fingerprint density at radius 2 is 2.29 bits per heavy atom. The zero-order chi connectivity index (χ0) is 10.7. The van der Waals surface area contributed by atoms with Crippen LogP contribution in [0, 0.1) is 11.3 Å². The number of carbonyl (C=O) groups is 1. The van der Waals surface area contributed by atoms with Crippen LogP contribution in [0.3, 0.4) is 0 Å². The third-order valence-corrected chi connectivity index (χ3v) is 2.03. The molecule has 0 heterocycles. The average molecular weight is 209 g/mol. The first kappa shape index (κ1) is 10.4. The minimum Gasteiger partial charge on any atom is -0.506 e. The predicted octanol–water partition coefficient (Wildman–Crippen LogP) is 1.34. The number of nitriles is 1. The molecule has 0 atom stereocenters. The summed E-state index contributed by atoms with van der Waals surface area (Å²) in [6.45, 7) is 0.